The highest BCUT2D eigenvalue weighted by molar-refractivity contribution is 6.03. The van der Waals surface area contributed by atoms with Gasteiger partial charge in [-0.25, -0.2) is 0 Å². The lowest BCUT2D eigenvalue weighted by Gasteiger charge is -2.02. The second kappa shape index (κ2) is 3.76. The number of aryl methyl sites for hydroxylation is 3. The Morgan fingerprint density at radius 2 is 2.06 bits per heavy atom. The second-order valence-electron chi connectivity index (χ2n) is 4.18. The summed E-state index contributed by atoms with van der Waals surface area (Å²) in [7, 11) is 1.91. The van der Waals surface area contributed by atoms with Gasteiger partial charge in [-0.05, 0) is 31.5 Å². The minimum atomic E-state index is -0.00569. The molecule has 2 aromatic rings. The Labute approximate surface area is 94.9 Å². The number of rotatable bonds is 2. The number of ketones is 1. The Morgan fingerprint density at radius 3 is 2.69 bits per heavy atom. The molecule has 0 atom stereocenters. The number of nitrogens with zero attached hydrogens (tertiary/aromatic N) is 1. The molecule has 2 rings (SSSR count). The van der Waals surface area contributed by atoms with E-state index >= 15 is 0 Å². The SMILES string of the molecule is Cc1ccc2c(c1)c(C)c(C(=O)CN)n2C. The summed E-state index contributed by atoms with van der Waals surface area (Å²) in [4.78, 5) is 11.8. The van der Waals surface area contributed by atoms with Crippen molar-refractivity contribution >= 4 is 16.7 Å². The normalized spacial score (nSPS) is 11.0. The van der Waals surface area contributed by atoms with E-state index in [-0.39, 0.29) is 12.3 Å². The summed E-state index contributed by atoms with van der Waals surface area (Å²) in [5.41, 5.74) is 9.47. The van der Waals surface area contributed by atoms with E-state index in [0.717, 1.165) is 22.2 Å². The first kappa shape index (κ1) is 10.9. The van der Waals surface area contributed by atoms with Crippen LogP contribution in [-0.4, -0.2) is 16.9 Å². The molecule has 0 aliphatic heterocycles. The first-order valence-corrected chi connectivity index (χ1v) is 5.35. The molecule has 0 aliphatic rings. The second-order valence-corrected chi connectivity index (χ2v) is 4.18. The average Bonchev–Trinajstić information content (AvgIpc) is 2.51. The number of benzene rings is 1. The van der Waals surface area contributed by atoms with Gasteiger partial charge in [-0.1, -0.05) is 11.6 Å². The first-order chi connectivity index (χ1) is 7.56. The Balaban J connectivity index is 2.81. The number of carbonyl (C=O) groups excluding carboxylic acids is 1. The number of fused-ring (bicyclic) bond motifs is 1. The lowest BCUT2D eigenvalue weighted by molar-refractivity contribution is 0.0993. The van der Waals surface area contributed by atoms with Gasteiger partial charge in [0.1, 0.15) is 0 Å². The summed E-state index contributed by atoms with van der Waals surface area (Å²) in [5, 5.41) is 1.14. The molecule has 16 heavy (non-hydrogen) atoms. The van der Waals surface area contributed by atoms with E-state index in [9.17, 15) is 4.79 Å². The summed E-state index contributed by atoms with van der Waals surface area (Å²) >= 11 is 0. The fraction of sp³-hybridized carbons (Fsp3) is 0.308. The molecule has 0 saturated carbocycles. The first-order valence-electron chi connectivity index (χ1n) is 5.35. The number of hydrogen-bond acceptors (Lipinski definition) is 2. The minimum Gasteiger partial charge on any atom is -0.341 e. The molecule has 1 aromatic carbocycles. The van der Waals surface area contributed by atoms with Crippen molar-refractivity contribution in [1.82, 2.24) is 4.57 Å². The van der Waals surface area contributed by atoms with Gasteiger partial charge in [0.2, 0.25) is 0 Å². The van der Waals surface area contributed by atoms with Crippen molar-refractivity contribution < 1.29 is 4.79 Å². The summed E-state index contributed by atoms with van der Waals surface area (Å²) in [6, 6.07) is 6.21. The number of nitrogens with two attached hydrogens (primary N) is 1. The average molecular weight is 216 g/mol. The van der Waals surface area contributed by atoms with Crippen LogP contribution in [-0.2, 0) is 7.05 Å². The zero-order valence-electron chi connectivity index (χ0n) is 9.87. The highest BCUT2D eigenvalue weighted by Gasteiger charge is 2.16. The van der Waals surface area contributed by atoms with E-state index < -0.39 is 0 Å². The number of Topliss-reactive ketones (excluding diaryl/α,β-unsaturated/α-hetero) is 1. The fourth-order valence-corrected chi connectivity index (χ4v) is 2.24. The zero-order chi connectivity index (χ0) is 11.9. The predicted molar refractivity (Wildman–Crippen MR) is 65.8 cm³/mol. The minimum absolute atomic E-state index is 0.00569. The predicted octanol–water partition coefficient (Wildman–Crippen LogP) is 1.94. The molecule has 1 heterocycles. The molecule has 0 radical (unpaired) electrons. The number of hydrogen-bond donors (Lipinski definition) is 1. The molecule has 0 saturated heterocycles. The van der Waals surface area contributed by atoms with Crippen molar-refractivity contribution in [3.63, 3.8) is 0 Å². The monoisotopic (exact) mass is 216 g/mol. The van der Waals surface area contributed by atoms with Crippen LogP contribution in [0.25, 0.3) is 10.9 Å². The third-order valence-electron chi connectivity index (χ3n) is 3.06. The third-order valence-corrected chi connectivity index (χ3v) is 3.06. The van der Waals surface area contributed by atoms with Crippen LogP contribution in [0.4, 0.5) is 0 Å². The standard InChI is InChI=1S/C13H16N2O/c1-8-4-5-11-10(6-8)9(2)13(15(11)3)12(16)7-14/h4-6H,7,14H2,1-3H3. The summed E-state index contributed by atoms with van der Waals surface area (Å²) in [5.74, 6) is -0.00569. The molecule has 0 amide bonds. The molecule has 3 nitrogen and oxygen atoms in total. The van der Waals surface area contributed by atoms with E-state index in [1.165, 1.54) is 5.56 Å². The van der Waals surface area contributed by atoms with Crippen molar-refractivity contribution in [2.24, 2.45) is 12.8 Å². The molecule has 3 heteroatoms. The van der Waals surface area contributed by atoms with E-state index in [1.54, 1.807) is 0 Å². The van der Waals surface area contributed by atoms with E-state index in [1.807, 2.05) is 24.6 Å². The van der Waals surface area contributed by atoms with Crippen LogP contribution in [0.2, 0.25) is 0 Å². The van der Waals surface area contributed by atoms with Crippen LogP contribution in [0.3, 0.4) is 0 Å². The highest BCUT2D eigenvalue weighted by Crippen LogP contribution is 2.25. The molecule has 1 aromatic heterocycles. The molecular weight excluding hydrogens is 200 g/mol. The maximum atomic E-state index is 11.8. The lowest BCUT2D eigenvalue weighted by atomic mass is 10.1. The van der Waals surface area contributed by atoms with Gasteiger partial charge >= 0.3 is 0 Å². The Hall–Kier alpha value is -1.61. The van der Waals surface area contributed by atoms with Crippen LogP contribution in [0.15, 0.2) is 18.2 Å². The van der Waals surface area contributed by atoms with E-state index in [4.69, 9.17) is 5.73 Å². The van der Waals surface area contributed by atoms with Crippen molar-refractivity contribution in [2.45, 2.75) is 13.8 Å². The Morgan fingerprint density at radius 1 is 1.38 bits per heavy atom. The number of aromatic nitrogens is 1. The Bertz CT molecular complexity index is 567. The summed E-state index contributed by atoms with van der Waals surface area (Å²) in [6.07, 6.45) is 0. The smallest absolute Gasteiger partial charge is 0.192 e. The van der Waals surface area contributed by atoms with Gasteiger partial charge in [0.25, 0.3) is 0 Å². The van der Waals surface area contributed by atoms with Crippen molar-refractivity contribution in [3.05, 3.63) is 35.0 Å². The fourth-order valence-electron chi connectivity index (χ4n) is 2.24. The van der Waals surface area contributed by atoms with E-state index in [0.29, 0.717) is 0 Å². The summed E-state index contributed by atoms with van der Waals surface area (Å²) in [6.45, 7) is 4.09. The van der Waals surface area contributed by atoms with Crippen LogP contribution in [0.1, 0.15) is 21.6 Å². The van der Waals surface area contributed by atoms with Gasteiger partial charge in [0, 0.05) is 18.0 Å². The number of carbonyl (C=O) groups is 1. The molecule has 0 aliphatic carbocycles. The van der Waals surface area contributed by atoms with Crippen LogP contribution in [0, 0.1) is 13.8 Å². The van der Waals surface area contributed by atoms with Crippen molar-refractivity contribution in [3.8, 4) is 0 Å². The van der Waals surface area contributed by atoms with Crippen LogP contribution in [0.5, 0.6) is 0 Å². The molecule has 0 fully saturated rings. The van der Waals surface area contributed by atoms with E-state index in [2.05, 4.69) is 19.1 Å². The highest BCUT2D eigenvalue weighted by atomic mass is 16.1. The van der Waals surface area contributed by atoms with Crippen LogP contribution >= 0.6 is 0 Å². The van der Waals surface area contributed by atoms with Crippen LogP contribution < -0.4 is 5.73 Å². The van der Waals surface area contributed by atoms with Gasteiger partial charge in [-0.3, -0.25) is 4.79 Å². The molecular formula is C13H16N2O. The molecule has 0 bridgehead atoms. The van der Waals surface area contributed by atoms with Gasteiger partial charge in [0.15, 0.2) is 5.78 Å². The van der Waals surface area contributed by atoms with Gasteiger partial charge in [-0.2, -0.15) is 0 Å². The van der Waals surface area contributed by atoms with Gasteiger partial charge < -0.3 is 10.3 Å². The van der Waals surface area contributed by atoms with Gasteiger partial charge in [0.05, 0.1) is 12.2 Å². The summed E-state index contributed by atoms with van der Waals surface area (Å²) < 4.78 is 1.93. The third kappa shape index (κ3) is 1.44. The molecule has 84 valence electrons. The van der Waals surface area contributed by atoms with Gasteiger partial charge in [-0.15, -0.1) is 0 Å². The maximum Gasteiger partial charge on any atom is 0.192 e. The molecule has 0 unspecified atom stereocenters. The zero-order valence-corrected chi connectivity index (χ0v) is 9.87. The molecule has 2 N–H and O–H groups in total. The van der Waals surface area contributed by atoms with Crippen molar-refractivity contribution in [2.75, 3.05) is 6.54 Å². The lowest BCUT2D eigenvalue weighted by Crippen LogP contribution is -2.17. The van der Waals surface area contributed by atoms with Crippen molar-refractivity contribution in [1.29, 1.82) is 0 Å². The quantitative estimate of drug-likeness (QED) is 0.780. The topological polar surface area (TPSA) is 48.0 Å². The maximum absolute atomic E-state index is 11.8. The largest absolute Gasteiger partial charge is 0.341 e. The molecule has 0 spiro atoms. The Kier molecular flexibility index (Phi) is 2.56.